The molecule has 1 N–H and O–H groups in total. The van der Waals surface area contributed by atoms with Crippen molar-refractivity contribution in [1.82, 2.24) is 4.90 Å². The van der Waals surface area contributed by atoms with Gasteiger partial charge < -0.3 is 10.2 Å². The molecule has 4 heteroatoms. The third-order valence-electron chi connectivity index (χ3n) is 2.99. The lowest BCUT2D eigenvalue weighted by Crippen LogP contribution is -2.31. The van der Waals surface area contributed by atoms with Gasteiger partial charge in [0.25, 0.3) is 5.91 Å². The number of hydrogen-bond acceptors (Lipinski definition) is 2. The zero-order valence-corrected chi connectivity index (χ0v) is 12.1. The van der Waals surface area contributed by atoms with Gasteiger partial charge in [-0.15, -0.1) is 0 Å². The third kappa shape index (κ3) is 4.00. The van der Waals surface area contributed by atoms with Crippen LogP contribution in [-0.4, -0.2) is 30.9 Å². The predicted octanol–water partition coefficient (Wildman–Crippen LogP) is 3.52. The summed E-state index contributed by atoms with van der Waals surface area (Å²) in [6.45, 7) is 1.33. The molecule has 2 aromatic rings. The van der Waals surface area contributed by atoms with E-state index in [1.807, 2.05) is 54.6 Å². The zero-order valence-electron chi connectivity index (χ0n) is 11.3. The van der Waals surface area contributed by atoms with Gasteiger partial charge in [0.2, 0.25) is 0 Å². The molecule has 0 aromatic heterocycles. The zero-order chi connectivity index (χ0) is 14.4. The number of carbonyl (C=O) groups excluding carboxylic acids is 1. The van der Waals surface area contributed by atoms with E-state index in [1.54, 1.807) is 11.9 Å². The number of rotatable bonds is 5. The first kappa shape index (κ1) is 14.4. The molecule has 3 nitrogen and oxygen atoms in total. The fraction of sp³-hybridized carbons (Fsp3) is 0.188. The van der Waals surface area contributed by atoms with E-state index in [9.17, 15) is 4.79 Å². The van der Waals surface area contributed by atoms with Crippen LogP contribution in [0.15, 0.2) is 54.6 Å². The summed E-state index contributed by atoms with van der Waals surface area (Å²) in [6, 6.07) is 16.8. The van der Waals surface area contributed by atoms with Crippen molar-refractivity contribution in [2.45, 2.75) is 0 Å². The normalized spacial score (nSPS) is 10.1. The second-order valence-corrected chi connectivity index (χ2v) is 4.96. The minimum Gasteiger partial charge on any atom is -0.383 e. The predicted molar refractivity (Wildman–Crippen MR) is 83.3 cm³/mol. The van der Waals surface area contributed by atoms with Crippen LogP contribution < -0.4 is 5.32 Å². The van der Waals surface area contributed by atoms with Gasteiger partial charge in [-0.1, -0.05) is 29.8 Å². The number of anilines is 1. The lowest BCUT2D eigenvalue weighted by Gasteiger charge is -2.18. The highest BCUT2D eigenvalue weighted by Gasteiger charge is 2.09. The van der Waals surface area contributed by atoms with Crippen molar-refractivity contribution in [3.63, 3.8) is 0 Å². The lowest BCUT2D eigenvalue weighted by atomic mass is 10.2. The van der Waals surface area contributed by atoms with E-state index >= 15 is 0 Å². The number of nitrogens with zero attached hydrogens (tertiary/aromatic N) is 1. The summed E-state index contributed by atoms with van der Waals surface area (Å²) in [5.74, 6) is 0.0310. The number of halogens is 1. The number of carbonyl (C=O) groups is 1. The monoisotopic (exact) mass is 288 g/mol. The summed E-state index contributed by atoms with van der Waals surface area (Å²) in [5, 5.41) is 3.97. The minimum atomic E-state index is 0.0310. The Kier molecular flexibility index (Phi) is 5.02. The molecule has 0 saturated carbocycles. The first-order chi connectivity index (χ1) is 9.66. The Hall–Kier alpha value is -2.00. The molecule has 0 aliphatic rings. The summed E-state index contributed by atoms with van der Waals surface area (Å²) in [7, 11) is 1.80. The van der Waals surface area contributed by atoms with Gasteiger partial charge in [-0.3, -0.25) is 4.79 Å². The van der Waals surface area contributed by atoms with E-state index in [4.69, 9.17) is 11.6 Å². The van der Waals surface area contributed by atoms with Crippen LogP contribution in [0.3, 0.4) is 0 Å². The van der Waals surface area contributed by atoms with Crippen molar-refractivity contribution in [2.24, 2.45) is 0 Å². The number of hydrogen-bond donors (Lipinski definition) is 1. The maximum absolute atomic E-state index is 12.1. The van der Waals surface area contributed by atoms with Crippen LogP contribution in [0.1, 0.15) is 10.4 Å². The fourth-order valence-corrected chi connectivity index (χ4v) is 1.96. The molecule has 0 atom stereocenters. The minimum absolute atomic E-state index is 0.0310. The molecule has 0 spiro atoms. The Balaban J connectivity index is 1.82. The molecular weight excluding hydrogens is 272 g/mol. The second-order valence-electron chi connectivity index (χ2n) is 4.53. The van der Waals surface area contributed by atoms with Gasteiger partial charge in [-0.25, -0.2) is 0 Å². The van der Waals surface area contributed by atoms with Crippen molar-refractivity contribution < 1.29 is 4.79 Å². The van der Waals surface area contributed by atoms with Crippen molar-refractivity contribution in [1.29, 1.82) is 0 Å². The Morgan fingerprint density at radius 2 is 1.75 bits per heavy atom. The number of nitrogens with one attached hydrogen (secondary N) is 1. The van der Waals surface area contributed by atoms with Gasteiger partial charge >= 0.3 is 0 Å². The van der Waals surface area contributed by atoms with Crippen molar-refractivity contribution in [2.75, 3.05) is 25.5 Å². The summed E-state index contributed by atoms with van der Waals surface area (Å²) >= 11 is 5.82. The van der Waals surface area contributed by atoms with Crippen LogP contribution in [0.25, 0.3) is 0 Å². The smallest absolute Gasteiger partial charge is 0.253 e. The molecule has 1 amide bonds. The van der Waals surface area contributed by atoms with Crippen LogP contribution in [0.4, 0.5) is 5.69 Å². The molecule has 0 unspecified atom stereocenters. The average Bonchev–Trinajstić information content (AvgIpc) is 2.49. The Morgan fingerprint density at radius 1 is 1.10 bits per heavy atom. The van der Waals surface area contributed by atoms with E-state index in [0.717, 1.165) is 5.69 Å². The van der Waals surface area contributed by atoms with Crippen LogP contribution in [0, 0.1) is 0 Å². The van der Waals surface area contributed by atoms with E-state index in [-0.39, 0.29) is 5.91 Å². The van der Waals surface area contributed by atoms with Crippen LogP contribution in [-0.2, 0) is 0 Å². The Morgan fingerprint density at radius 3 is 2.40 bits per heavy atom. The molecule has 2 rings (SSSR count). The molecule has 0 radical (unpaired) electrons. The van der Waals surface area contributed by atoms with Crippen LogP contribution >= 0.6 is 11.6 Å². The van der Waals surface area contributed by atoms with Gasteiger partial charge in [0.05, 0.1) is 0 Å². The third-order valence-corrected chi connectivity index (χ3v) is 3.24. The highest BCUT2D eigenvalue weighted by Crippen LogP contribution is 2.13. The number of amides is 1. The molecule has 0 aliphatic carbocycles. The molecule has 20 heavy (non-hydrogen) atoms. The largest absolute Gasteiger partial charge is 0.383 e. The number of likely N-dealkylation sites (N-methyl/N-ethyl adjacent to an activating group) is 1. The maximum Gasteiger partial charge on any atom is 0.253 e. The molecular formula is C16H17ClN2O. The van der Waals surface area contributed by atoms with E-state index in [1.165, 1.54) is 0 Å². The highest BCUT2D eigenvalue weighted by molar-refractivity contribution is 6.30. The molecule has 0 fully saturated rings. The Labute approximate surface area is 124 Å². The molecule has 0 aliphatic heterocycles. The highest BCUT2D eigenvalue weighted by atomic mass is 35.5. The van der Waals surface area contributed by atoms with Gasteiger partial charge in [-0.05, 0) is 36.4 Å². The van der Waals surface area contributed by atoms with Gasteiger partial charge in [0.1, 0.15) is 0 Å². The maximum atomic E-state index is 12.1. The second kappa shape index (κ2) is 6.96. The first-order valence-corrected chi connectivity index (χ1v) is 6.84. The molecule has 2 aromatic carbocycles. The summed E-state index contributed by atoms with van der Waals surface area (Å²) in [6.07, 6.45) is 0. The summed E-state index contributed by atoms with van der Waals surface area (Å²) in [5.41, 5.74) is 1.71. The number of benzene rings is 2. The molecule has 0 bridgehead atoms. The first-order valence-electron chi connectivity index (χ1n) is 6.47. The lowest BCUT2D eigenvalue weighted by molar-refractivity contribution is 0.0800. The topological polar surface area (TPSA) is 32.3 Å². The Bertz CT molecular complexity index is 554. The van der Waals surface area contributed by atoms with Gasteiger partial charge in [-0.2, -0.15) is 0 Å². The van der Waals surface area contributed by atoms with E-state index in [0.29, 0.717) is 23.7 Å². The van der Waals surface area contributed by atoms with Crippen LogP contribution in [0.5, 0.6) is 0 Å². The summed E-state index contributed by atoms with van der Waals surface area (Å²) < 4.78 is 0. The quantitative estimate of drug-likeness (QED) is 0.913. The van der Waals surface area contributed by atoms with E-state index in [2.05, 4.69) is 5.32 Å². The molecule has 0 saturated heterocycles. The standard InChI is InChI=1S/C16H17ClN2O/c1-19(16(20)13-5-3-2-4-6-13)12-11-18-15-9-7-14(17)8-10-15/h2-10,18H,11-12H2,1H3. The van der Waals surface area contributed by atoms with Crippen molar-refractivity contribution in [3.05, 3.63) is 65.2 Å². The van der Waals surface area contributed by atoms with Crippen LogP contribution in [0.2, 0.25) is 5.02 Å². The SMILES string of the molecule is CN(CCNc1ccc(Cl)cc1)C(=O)c1ccccc1. The van der Waals surface area contributed by atoms with Crippen molar-refractivity contribution >= 4 is 23.2 Å². The van der Waals surface area contributed by atoms with E-state index < -0.39 is 0 Å². The summed E-state index contributed by atoms with van der Waals surface area (Å²) in [4.78, 5) is 13.8. The molecule has 0 heterocycles. The fourth-order valence-electron chi connectivity index (χ4n) is 1.84. The van der Waals surface area contributed by atoms with Gasteiger partial charge in [0.15, 0.2) is 0 Å². The molecule has 104 valence electrons. The van der Waals surface area contributed by atoms with Gasteiger partial charge in [0, 0.05) is 36.4 Å². The average molecular weight is 289 g/mol. The van der Waals surface area contributed by atoms with Crippen molar-refractivity contribution in [3.8, 4) is 0 Å².